The zero-order valence-corrected chi connectivity index (χ0v) is 16.3. The Bertz CT molecular complexity index is 856. The van der Waals surface area contributed by atoms with E-state index in [1.54, 1.807) is 0 Å². The molecule has 2 aliphatic rings. The molecule has 7 heteroatoms. The molecule has 1 aromatic heterocycles. The number of piperazine rings is 1. The average Bonchev–Trinajstić information content (AvgIpc) is 3.50. The third kappa shape index (κ3) is 4.00. The first-order chi connectivity index (χ1) is 13.0. The minimum absolute atomic E-state index is 0.164. The number of amides is 1. The van der Waals surface area contributed by atoms with E-state index in [2.05, 4.69) is 21.8 Å². The second kappa shape index (κ2) is 7.35. The van der Waals surface area contributed by atoms with E-state index >= 15 is 0 Å². The highest BCUT2D eigenvalue weighted by Crippen LogP contribution is 2.33. The predicted octanol–water partition coefficient (Wildman–Crippen LogP) is 3.68. The molecule has 2 heterocycles. The Balaban J connectivity index is 1.46. The van der Waals surface area contributed by atoms with Gasteiger partial charge in [-0.2, -0.15) is 0 Å². The Kier molecular flexibility index (Phi) is 4.91. The van der Waals surface area contributed by atoms with Gasteiger partial charge >= 0.3 is 0 Å². The highest BCUT2D eigenvalue weighted by atomic mass is 35.5. The number of hydrogen-bond donors (Lipinski definition) is 0. The fraction of sp³-hybridized carbons (Fsp3) is 0.450. The van der Waals surface area contributed by atoms with Crippen LogP contribution in [0.2, 0.25) is 5.02 Å². The lowest BCUT2D eigenvalue weighted by molar-refractivity contribution is -0.134. The van der Waals surface area contributed by atoms with Crippen molar-refractivity contribution < 1.29 is 9.53 Å². The van der Waals surface area contributed by atoms with Crippen LogP contribution in [0.25, 0.3) is 0 Å². The van der Waals surface area contributed by atoms with Gasteiger partial charge in [-0.15, -0.1) is 0 Å². The van der Waals surface area contributed by atoms with E-state index < -0.39 is 0 Å². The summed E-state index contributed by atoms with van der Waals surface area (Å²) in [6.07, 6.45) is 3.58. The summed E-state index contributed by atoms with van der Waals surface area (Å²) in [5.41, 5.74) is 1.06. The van der Waals surface area contributed by atoms with E-state index in [1.807, 2.05) is 36.1 Å². The molecule has 2 aromatic rings. The number of anilines is 1. The van der Waals surface area contributed by atoms with Gasteiger partial charge in [0, 0.05) is 37.7 Å². The molecule has 1 aromatic carbocycles. The Morgan fingerprint density at radius 2 is 2.04 bits per heavy atom. The molecule has 2 fully saturated rings. The van der Waals surface area contributed by atoms with Crippen LogP contribution in [0, 0.1) is 12.8 Å². The Labute approximate surface area is 164 Å². The smallest absolute Gasteiger partial charge is 0.226 e. The number of aryl methyl sites for hydroxylation is 1. The van der Waals surface area contributed by atoms with Gasteiger partial charge in [0.2, 0.25) is 11.8 Å². The van der Waals surface area contributed by atoms with Crippen molar-refractivity contribution >= 4 is 23.3 Å². The lowest BCUT2D eigenvalue weighted by Crippen LogP contribution is -2.54. The number of halogens is 1. The van der Waals surface area contributed by atoms with Crippen LogP contribution in [0.1, 0.15) is 25.3 Å². The fourth-order valence-corrected chi connectivity index (χ4v) is 3.57. The van der Waals surface area contributed by atoms with Gasteiger partial charge in [0.15, 0.2) is 0 Å². The molecule has 1 aliphatic carbocycles. The summed E-state index contributed by atoms with van der Waals surface area (Å²) in [6.45, 7) is 6.31. The maximum atomic E-state index is 12.4. The van der Waals surface area contributed by atoms with Gasteiger partial charge in [0.05, 0.1) is 5.02 Å². The van der Waals surface area contributed by atoms with E-state index in [0.717, 1.165) is 43.9 Å². The van der Waals surface area contributed by atoms with Crippen LogP contribution in [0.3, 0.4) is 0 Å². The monoisotopic (exact) mass is 386 g/mol. The minimum atomic E-state index is 0.164. The van der Waals surface area contributed by atoms with E-state index in [9.17, 15) is 4.79 Å². The molecule has 142 valence electrons. The summed E-state index contributed by atoms with van der Waals surface area (Å²) in [5, 5.41) is 0.543. The van der Waals surface area contributed by atoms with E-state index in [-0.39, 0.29) is 12.0 Å². The lowest BCUT2D eigenvalue weighted by atomic mass is 10.1. The van der Waals surface area contributed by atoms with Crippen LogP contribution in [0.15, 0.2) is 30.6 Å². The van der Waals surface area contributed by atoms with E-state index in [1.165, 1.54) is 6.33 Å². The predicted molar refractivity (Wildman–Crippen MR) is 104 cm³/mol. The number of rotatable bonds is 4. The van der Waals surface area contributed by atoms with Gasteiger partial charge in [-0.3, -0.25) is 4.79 Å². The number of carbonyl (C=O) groups is 1. The molecule has 1 saturated heterocycles. The van der Waals surface area contributed by atoms with Crippen LogP contribution in [0.5, 0.6) is 11.6 Å². The summed E-state index contributed by atoms with van der Waals surface area (Å²) in [4.78, 5) is 25.2. The standard InChI is InChI=1S/C20H23ClN4O2/c1-13-3-6-16(21)17(9-13)27-19-10-18(22-12-23-19)24-7-8-25(14(2)11-24)20(26)15-4-5-15/h3,6,9-10,12,14-15H,4-5,7-8,11H2,1-2H3. The molecule has 1 amide bonds. The van der Waals surface area contributed by atoms with Gasteiger partial charge in [-0.05, 0) is 44.4 Å². The first-order valence-corrected chi connectivity index (χ1v) is 9.70. The number of aromatic nitrogens is 2. The Hall–Kier alpha value is -2.34. The SMILES string of the molecule is Cc1ccc(Cl)c(Oc2cc(N3CCN(C(=O)C4CC4)C(C)C3)ncn2)c1. The second-order valence-corrected chi connectivity index (χ2v) is 7.76. The Morgan fingerprint density at radius 1 is 1.22 bits per heavy atom. The third-order valence-electron chi connectivity index (χ3n) is 5.09. The normalized spacial score (nSPS) is 19.9. The zero-order chi connectivity index (χ0) is 19.0. The molecule has 27 heavy (non-hydrogen) atoms. The first-order valence-electron chi connectivity index (χ1n) is 9.33. The molecule has 0 radical (unpaired) electrons. The van der Waals surface area contributed by atoms with Crippen LogP contribution in [-0.4, -0.2) is 46.5 Å². The summed E-state index contributed by atoms with van der Waals surface area (Å²) < 4.78 is 5.87. The molecule has 1 atom stereocenters. The molecule has 0 N–H and O–H groups in total. The quantitative estimate of drug-likeness (QED) is 0.802. The van der Waals surface area contributed by atoms with Crippen molar-refractivity contribution in [3.8, 4) is 11.6 Å². The maximum absolute atomic E-state index is 12.4. The third-order valence-corrected chi connectivity index (χ3v) is 5.40. The first kappa shape index (κ1) is 18.0. The molecular weight excluding hydrogens is 364 g/mol. The van der Waals surface area contributed by atoms with Gasteiger partial charge < -0.3 is 14.5 Å². The Morgan fingerprint density at radius 3 is 2.78 bits per heavy atom. The van der Waals surface area contributed by atoms with Gasteiger partial charge in [-0.1, -0.05) is 17.7 Å². The number of carbonyl (C=O) groups excluding carboxylic acids is 1. The minimum Gasteiger partial charge on any atom is -0.437 e. The van der Waals surface area contributed by atoms with Crippen molar-refractivity contribution in [2.75, 3.05) is 24.5 Å². The van der Waals surface area contributed by atoms with Crippen molar-refractivity contribution in [3.05, 3.63) is 41.2 Å². The number of ether oxygens (including phenoxy) is 1. The number of benzene rings is 1. The van der Waals surface area contributed by atoms with Crippen LogP contribution < -0.4 is 9.64 Å². The number of nitrogens with zero attached hydrogens (tertiary/aromatic N) is 4. The molecule has 1 saturated carbocycles. The van der Waals surface area contributed by atoms with Crippen molar-refractivity contribution in [2.24, 2.45) is 5.92 Å². The maximum Gasteiger partial charge on any atom is 0.226 e. The second-order valence-electron chi connectivity index (χ2n) is 7.35. The topological polar surface area (TPSA) is 58.6 Å². The summed E-state index contributed by atoms with van der Waals surface area (Å²) in [5.74, 6) is 2.40. The zero-order valence-electron chi connectivity index (χ0n) is 15.6. The largest absolute Gasteiger partial charge is 0.437 e. The molecular formula is C20H23ClN4O2. The molecule has 6 nitrogen and oxygen atoms in total. The van der Waals surface area contributed by atoms with Gasteiger partial charge in [0.25, 0.3) is 0 Å². The molecule has 1 aliphatic heterocycles. The van der Waals surface area contributed by atoms with Crippen molar-refractivity contribution in [1.29, 1.82) is 0 Å². The van der Waals surface area contributed by atoms with E-state index in [4.69, 9.17) is 16.3 Å². The molecule has 0 spiro atoms. The molecule has 0 bridgehead atoms. The fourth-order valence-electron chi connectivity index (χ4n) is 3.42. The van der Waals surface area contributed by atoms with Gasteiger partial charge in [0.1, 0.15) is 17.9 Å². The summed E-state index contributed by atoms with van der Waals surface area (Å²) >= 11 is 6.21. The summed E-state index contributed by atoms with van der Waals surface area (Å²) in [6, 6.07) is 7.62. The van der Waals surface area contributed by atoms with Crippen LogP contribution in [0.4, 0.5) is 5.82 Å². The molecule has 4 rings (SSSR count). The average molecular weight is 387 g/mol. The van der Waals surface area contributed by atoms with Gasteiger partial charge in [-0.25, -0.2) is 9.97 Å². The van der Waals surface area contributed by atoms with Crippen molar-refractivity contribution in [2.45, 2.75) is 32.7 Å². The van der Waals surface area contributed by atoms with Crippen LogP contribution >= 0.6 is 11.6 Å². The lowest BCUT2D eigenvalue weighted by Gasteiger charge is -2.40. The molecule has 1 unspecified atom stereocenters. The van der Waals surface area contributed by atoms with Crippen molar-refractivity contribution in [3.63, 3.8) is 0 Å². The van der Waals surface area contributed by atoms with Crippen LogP contribution in [-0.2, 0) is 4.79 Å². The highest BCUT2D eigenvalue weighted by molar-refractivity contribution is 6.32. The summed E-state index contributed by atoms with van der Waals surface area (Å²) in [7, 11) is 0. The number of hydrogen-bond acceptors (Lipinski definition) is 5. The highest BCUT2D eigenvalue weighted by Gasteiger charge is 2.37. The van der Waals surface area contributed by atoms with Crippen molar-refractivity contribution in [1.82, 2.24) is 14.9 Å². The van der Waals surface area contributed by atoms with E-state index in [0.29, 0.717) is 22.6 Å².